The predicted octanol–water partition coefficient (Wildman–Crippen LogP) is 1.11. The van der Waals surface area contributed by atoms with Gasteiger partial charge in [-0.05, 0) is 12.8 Å². The first-order chi connectivity index (χ1) is 5.66. The summed E-state index contributed by atoms with van der Waals surface area (Å²) in [5, 5.41) is 16.4. The molecule has 0 spiro atoms. The molecule has 0 bridgehead atoms. The number of carboxylic acid groups (broad SMARTS) is 1. The molecule has 12 heavy (non-hydrogen) atoms. The molecular weight excluding hydrogens is 158 g/mol. The molecule has 0 aliphatic rings. The molecule has 0 aliphatic heterocycles. The maximum absolute atomic E-state index is 10.8. The molecule has 4 nitrogen and oxygen atoms in total. The third-order valence-electron chi connectivity index (χ3n) is 1.34. The van der Waals surface area contributed by atoms with E-state index in [9.17, 15) is 9.59 Å². The Balaban J connectivity index is 3.33. The Hall–Kier alpha value is -1.37. The van der Waals surface area contributed by atoms with Crippen molar-refractivity contribution in [3.63, 3.8) is 0 Å². The first-order valence-electron chi connectivity index (χ1n) is 3.77. The molecule has 0 heterocycles. The summed E-state index contributed by atoms with van der Waals surface area (Å²) in [6, 6.07) is 1.95. The second kappa shape index (κ2) is 6.35. The van der Waals surface area contributed by atoms with Crippen LogP contribution in [0.1, 0.15) is 32.1 Å². The highest BCUT2D eigenvalue weighted by Crippen LogP contribution is 2.01. The molecule has 0 rings (SSSR count). The van der Waals surface area contributed by atoms with E-state index in [-0.39, 0.29) is 12.2 Å². The van der Waals surface area contributed by atoms with Gasteiger partial charge in [0, 0.05) is 12.8 Å². The smallest absolute Gasteiger partial charge is 0.310 e. The molecule has 0 saturated heterocycles. The molecule has 0 aromatic rings. The van der Waals surface area contributed by atoms with E-state index >= 15 is 0 Å². The fourth-order valence-corrected chi connectivity index (χ4v) is 0.783. The zero-order chi connectivity index (χ0) is 9.40. The summed E-state index contributed by atoms with van der Waals surface area (Å²) < 4.78 is 0. The van der Waals surface area contributed by atoms with Crippen LogP contribution < -0.4 is 0 Å². The maximum Gasteiger partial charge on any atom is 0.310 e. The Morgan fingerprint density at radius 2 is 2.00 bits per heavy atom. The SMILES string of the molecule is N#CCCCCC(=O)CC(=O)O. The van der Waals surface area contributed by atoms with Gasteiger partial charge >= 0.3 is 5.97 Å². The summed E-state index contributed by atoms with van der Waals surface area (Å²) >= 11 is 0. The number of ketones is 1. The van der Waals surface area contributed by atoms with Crippen molar-refractivity contribution in [1.82, 2.24) is 0 Å². The van der Waals surface area contributed by atoms with E-state index in [1.807, 2.05) is 6.07 Å². The average Bonchev–Trinajstić information content (AvgIpc) is 1.97. The molecule has 0 radical (unpaired) electrons. The summed E-state index contributed by atoms with van der Waals surface area (Å²) in [4.78, 5) is 20.8. The second-order valence-electron chi connectivity index (χ2n) is 2.47. The summed E-state index contributed by atoms with van der Waals surface area (Å²) in [6.07, 6.45) is 1.59. The van der Waals surface area contributed by atoms with Gasteiger partial charge in [-0.15, -0.1) is 0 Å². The van der Waals surface area contributed by atoms with Crippen LogP contribution in [0.15, 0.2) is 0 Å². The standard InChI is InChI=1S/C8H11NO3/c9-5-3-1-2-4-7(10)6-8(11)12/h1-4,6H2,(H,11,12). The van der Waals surface area contributed by atoms with Gasteiger partial charge in [-0.2, -0.15) is 5.26 Å². The summed E-state index contributed by atoms with van der Waals surface area (Å²) in [6.45, 7) is 0. The van der Waals surface area contributed by atoms with Gasteiger partial charge < -0.3 is 5.11 Å². The third-order valence-corrected chi connectivity index (χ3v) is 1.34. The topological polar surface area (TPSA) is 78.2 Å². The highest BCUT2D eigenvalue weighted by Gasteiger charge is 2.06. The Morgan fingerprint density at radius 1 is 1.33 bits per heavy atom. The zero-order valence-corrected chi connectivity index (χ0v) is 6.75. The van der Waals surface area contributed by atoms with Crippen LogP contribution in [0.3, 0.4) is 0 Å². The van der Waals surface area contributed by atoms with E-state index < -0.39 is 12.4 Å². The molecular formula is C8H11NO3. The van der Waals surface area contributed by atoms with Crippen LogP contribution in [0.25, 0.3) is 0 Å². The lowest BCUT2D eigenvalue weighted by molar-refractivity contribution is -0.140. The highest BCUT2D eigenvalue weighted by molar-refractivity contribution is 5.94. The summed E-state index contributed by atoms with van der Waals surface area (Å²) in [5.41, 5.74) is 0. The molecule has 0 aromatic heterocycles. The number of carbonyl (C=O) groups excluding carboxylic acids is 1. The Labute approximate surface area is 70.8 Å². The normalized spacial score (nSPS) is 8.92. The average molecular weight is 169 g/mol. The molecule has 0 aromatic carbocycles. The van der Waals surface area contributed by atoms with Gasteiger partial charge in [0.15, 0.2) is 0 Å². The monoisotopic (exact) mass is 169 g/mol. The Bertz CT molecular complexity index is 205. The van der Waals surface area contributed by atoms with Gasteiger partial charge in [0.25, 0.3) is 0 Å². The number of aliphatic carboxylic acids is 1. The quantitative estimate of drug-likeness (QED) is 0.477. The van der Waals surface area contributed by atoms with Gasteiger partial charge in [0.1, 0.15) is 12.2 Å². The van der Waals surface area contributed by atoms with Crippen LogP contribution in [0.4, 0.5) is 0 Å². The van der Waals surface area contributed by atoms with Crippen molar-refractivity contribution in [3.8, 4) is 6.07 Å². The fourth-order valence-electron chi connectivity index (χ4n) is 0.783. The van der Waals surface area contributed by atoms with Gasteiger partial charge in [0.2, 0.25) is 0 Å². The molecule has 4 heteroatoms. The number of nitriles is 1. The van der Waals surface area contributed by atoms with E-state index in [2.05, 4.69) is 0 Å². The largest absolute Gasteiger partial charge is 0.481 e. The van der Waals surface area contributed by atoms with E-state index in [4.69, 9.17) is 10.4 Å². The molecule has 0 fully saturated rings. The maximum atomic E-state index is 10.8. The molecule has 0 unspecified atom stereocenters. The van der Waals surface area contributed by atoms with E-state index in [1.54, 1.807) is 0 Å². The number of carbonyl (C=O) groups is 2. The lowest BCUT2D eigenvalue weighted by atomic mass is 10.1. The van der Waals surface area contributed by atoms with Crippen molar-refractivity contribution in [3.05, 3.63) is 0 Å². The number of carboxylic acids is 1. The van der Waals surface area contributed by atoms with Crippen molar-refractivity contribution < 1.29 is 14.7 Å². The van der Waals surface area contributed by atoms with Gasteiger partial charge in [-0.3, -0.25) is 9.59 Å². The minimum absolute atomic E-state index is 0.263. The second-order valence-corrected chi connectivity index (χ2v) is 2.47. The molecule has 66 valence electrons. The van der Waals surface area contributed by atoms with Crippen LogP contribution in [0, 0.1) is 11.3 Å². The number of hydrogen-bond donors (Lipinski definition) is 1. The van der Waals surface area contributed by atoms with Gasteiger partial charge in [0.05, 0.1) is 6.07 Å². The molecule has 0 atom stereocenters. The molecule has 0 aliphatic carbocycles. The van der Waals surface area contributed by atoms with Crippen molar-refractivity contribution >= 4 is 11.8 Å². The van der Waals surface area contributed by atoms with Crippen LogP contribution in [0.5, 0.6) is 0 Å². The van der Waals surface area contributed by atoms with E-state index in [0.717, 1.165) is 0 Å². The minimum Gasteiger partial charge on any atom is -0.481 e. The van der Waals surface area contributed by atoms with Crippen LogP contribution in [-0.4, -0.2) is 16.9 Å². The number of hydrogen-bond acceptors (Lipinski definition) is 3. The Kier molecular flexibility index (Phi) is 5.62. The number of rotatable bonds is 6. The van der Waals surface area contributed by atoms with Gasteiger partial charge in [-0.1, -0.05) is 0 Å². The minimum atomic E-state index is -1.08. The summed E-state index contributed by atoms with van der Waals surface area (Å²) in [5.74, 6) is -1.35. The first-order valence-corrected chi connectivity index (χ1v) is 3.77. The van der Waals surface area contributed by atoms with Crippen molar-refractivity contribution in [2.45, 2.75) is 32.1 Å². The predicted molar refractivity (Wildman–Crippen MR) is 41.3 cm³/mol. The first kappa shape index (κ1) is 10.6. The lowest BCUT2D eigenvalue weighted by Gasteiger charge is -1.94. The van der Waals surface area contributed by atoms with Crippen molar-refractivity contribution in [1.29, 1.82) is 5.26 Å². The Morgan fingerprint density at radius 3 is 2.50 bits per heavy atom. The lowest BCUT2D eigenvalue weighted by Crippen LogP contribution is -2.05. The zero-order valence-electron chi connectivity index (χ0n) is 6.75. The van der Waals surface area contributed by atoms with Crippen LogP contribution in [-0.2, 0) is 9.59 Å². The van der Waals surface area contributed by atoms with Crippen molar-refractivity contribution in [2.24, 2.45) is 0 Å². The van der Waals surface area contributed by atoms with Crippen molar-refractivity contribution in [2.75, 3.05) is 0 Å². The van der Waals surface area contributed by atoms with E-state index in [0.29, 0.717) is 19.3 Å². The number of unbranched alkanes of at least 4 members (excludes halogenated alkanes) is 2. The number of Topliss-reactive ketones (excluding diaryl/α,β-unsaturated/α-hetero) is 1. The molecule has 1 N–H and O–H groups in total. The molecule has 0 saturated carbocycles. The summed E-state index contributed by atoms with van der Waals surface area (Å²) in [7, 11) is 0. The van der Waals surface area contributed by atoms with Gasteiger partial charge in [-0.25, -0.2) is 0 Å². The van der Waals surface area contributed by atoms with E-state index in [1.165, 1.54) is 0 Å². The molecule has 0 amide bonds. The van der Waals surface area contributed by atoms with Crippen LogP contribution >= 0.6 is 0 Å². The highest BCUT2D eigenvalue weighted by atomic mass is 16.4. The third kappa shape index (κ3) is 6.75. The number of nitrogens with zero attached hydrogens (tertiary/aromatic N) is 1. The van der Waals surface area contributed by atoms with Crippen LogP contribution in [0.2, 0.25) is 0 Å². The fraction of sp³-hybridized carbons (Fsp3) is 0.625.